The zero-order chi connectivity index (χ0) is 19.0. The van der Waals surface area contributed by atoms with Crippen LogP contribution in [0.2, 0.25) is 5.02 Å². The van der Waals surface area contributed by atoms with Gasteiger partial charge in [0.25, 0.3) is 5.89 Å². The number of anilines is 1. The third-order valence-corrected chi connectivity index (χ3v) is 5.24. The van der Waals surface area contributed by atoms with Gasteiger partial charge in [-0.25, -0.2) is 0 Å². The molecule has 1 fully saturated rings. The van der Waals surface area contributed by atoms with Crippen LogP contribution in [0.15, 0.2) is 47.0 Å². The highest BCUT2D eigenvalue weighted by atomic mass is 35.5. The third kappa shape index (κ3) is 3.47. The fraction of sp³-hybridized carbons (Fsp3) is 0.286. The Bertz CT molecular complexity index is 981. The summed E-state index contributed by atoms with van der Waals surface area (Å²) in [5.74, 6) is 1.00. The van der Waals surface area contributed by atoms with Crippen molar-refractivity contribution >= 4 is 23.2 Å². The van der Waals surface area contributed by atoms with E-state index in [1.165, 1.54) is 5.56 Å². The Labute approximate surface area is 163 Å². The first-order valence-corrected chi connectivity index (χ1v) is 9.42. The highest BCUT2D eigenvalue weighted by Crippen LogP contribution is 2.34. The van der Waals surface area contributed by atoms with Gasteiger partial charge in [0, 0.05) is 35.2 Å². The highest BCUT2D eigenvalue weighted by Gasteiger charge is 2.35. The molecule has 0 saturated carbocycles. The van der Waals surface area contributed by atoms with Crippen LogP contribution in [-0.4, -0.2) is 22.6 Å². The van der Waals surface area contributed by atoms with Crippen LogP contribution >= 0.6 is 11.6 Å². The third-order valence-electron chi connectivity index (χ3n) is 5.00. The van der Waals surface area contributed by atoms with Crippen LogP contribution in [0.3, 0.4) is 0 Å². The minimum Gasteiger partial charge on any atom is -0.334 e. The van der Waals surface area contributed by atoms with Gasteiger partial charge in [-0.3, -0.25) is 4.79 Å². The number of carbonyl (C=O) groups is 1. The zero-order valence-electron chi connectivity index (χ0n) is 15.3. The second kappa shape index (κ2) is 7.16. The summed E-state index contributed by atoms with van der Waals surface area (Å²) in [4.78, 5) is 18.9. The van der Waals surface area contributed by atoms with E-state index in [0.717, 1.165) is 23.2 Å². The molecule has 1 aliphatic heterocycles. The molecule has 0 spiro atoms. The number of amides is 1. The van der Waals surface area contributed by atoms with E-state index in [0.29, 0.717) is 29.7 Å². The average molecular weight is 382 g/mol. The summed E-state index contributed by atoms with van der Waals surface area (Å²) in [6.45, 7) is 4.61. The Kier molecular flexibility index (Phi) is 4.70. The van der Waals surface area contributed by atoms with Crippen molar-refractivity contribution in [2.45, 2.75) is 32.6 Å². The maximum atomic E-state index is 12.6. The quantitative estimate of drug-likeness (QED) is 0.652. The molecule has 1 unspecified atom stereocenters. The molecule has 1 aromatic heterocycles. The summed E-state index contributed by atoms with van der Waals surface area (Å²) >= 11 is 6.11. The Hall–Kier alpha value is -2.66. The zero-order valence-corrected chi connectivity index (χ0v) is 16.0. The summed E-state index contributed by atoms with van der Waals surface area (Å²) in [6.07, 6.45) is 1.35. The van der Waals surface area contributed by atoms with E-state index < -0.39 is 0 Å². The van der Waals surface area contributed by atoms with Crippen molar-refractivity contribution in [3.8, 4) is 11.5 Å². The van der Waals surface area contributed by atoms with Gasteiger partial charge in [-0.15, -0.1) is 0 Å². The van der Waals surface area contributed by atoms with E-state index in [-0.39, 0.29) is 11.8 Å². The van der Waals surface area contributed by atoms with Crippen molar-refractivity contribution in [2.75, 3.05) is 11.4 Å². The van der Waals surface area contributed by atoms with Crippen LogP contribution in [0, 0.1) is 6.92 Å². The van der Waals surface area contributed by atoms with Gasteiger partial charge in [-0.05, 0) is 48.7 Å². The molecule has 3 aromatic rings. The second-order valence-corrected chi connectivity index (χ2v) is 7.28. The molecule has 1 aliphatic rings. The van der Waals surface area contributed by atoms with Crippen molar-refractivity contribution in [3.63, 3.8) is 0 Å². The molecule has 0 N–H and O–H groups in total. The molecular formula is C21H20ClN3O2. The van der Waals surface area contributed by atoms with Crippen LogP contribution in [0.5, 0.6) is 0 Å². The first kappa shape index (κ1) is 17.7. The lowest BCUT2D eigenvalue weighted by Gasteiger charge is -2.19. The number of benzene rings is 2. The van der Waals surface area contributed by atoms with Gasteiger partial charge in [-0.1, -0.05) is 41.9 Å². The van der Waals surface area contributed by atoms with Gasteiger partial charge in [-0.2, -0.15) is 4.98 Å². The molecule has 0 aliphatic carbocycles. The number of halogens is 1. The number of aryl methyl sites for hydroxylation is 2. The highest BCUT2D eigenvalue weighted by molar-refractivity contribution is 6.31. The Morgan fingerprint density at radius 3 is 2.74 bits per heavy atom. The van der Waals surface area contributed by atoms with Crippen LogP contribution in [0.1, 0.15) is 36.2 Å². The van der Waals surface area contributed by atoms with Gasteiger partial charge >= 0.3 is 0 Å². The molecule has 0 bridgehead atoms. The number of aromatic nitrogens is 2. The van der Waals surface area contributed by atoms with E-state index >= 15 is 0 Å². The predicted octanol–water partition coefficient (Wildman–Crippen LogP) is 4.78. The van der Waals surface area contributed by atoms with E-state index in [9.17, 15) is 4.79 Å². The maximum absolute atomic E-state index is 12.6. The topological polar surface area (TPSA) is 59.2 Å². The van der Waals surface area contributed by atoms with Crippen molar-refractivity contribution in [1.29, 1.82) is 0 Å². The summed E-state index contributed by atoms with van der Waals surface area (Å²) < 4.78 is 5.44. The maximum Gasteiger partial charge on any atom is 0.257 e. The van der Waals surface area contributed by atoms with Crippen molar-refractivity contribution in [1.82, 2.24) is 10.1 Å². The number of hydrogen-bond donors (Lipinski definition) is 0. The Morgan fingerprint density at radius 2 is 2.00 bits per heavy atom. The van der Waals surface area contributed by atoms with E-state index in [1.807, 2.05) is 37.3 Å². The number of carbonyl (C=O) groups excluding carboxylic acids is 1. The van der Waals surface area contributed by atoms with E-state index in [2.05, 4.69) is 29.2 Å². The molecule has 0 radical (unpaired) electrons. The van der Waals surface area contributed by atoms with Crippen molar-refractivity contribution < 1.29 is 9.32 Å². The largest absolute Gasteiger partial charge is 0.334 e. The number of hydrogen-bond acceptors (Lipinski definition) is 4. The lowest BCUT2D eigenvalue weighted by atomic mass is 10.1. The number of nitrogens with zero attached hydrogens (tertiary/aromatic N) is 3. The Balaban J connectivity index is 1.56. The molecule has 2 aromatic carbocycles. The molecule has 27 heavy (non-hydrogen) atoms. The molecule has 1 amide bonds. The molecular weight excluding hydrogens is 362 g/mol. The SMILES string of the molecule is CCc1ccc(-c2nc(C3CC(=O)N(c4cc(Cl)ccc4C)C3)no2)cc1. The normalized spacial score (nSPS) is 16.9. The van der Waals surface area contributed by atoms with Crippen LogP contribution in [0.25, 0.3) is 11.5 Å². The van der Waals surface area contributed by atoms with Gasteiger partial charge in [0.1, 0.15) is 0 Å². The van der Waals surface area contributed by atoms with Gasteiger partial charge in [0.05, 0.1) is 0 Å². The summed E-state index contributed by atoms with van der Waals surface area (Å²) in [5.41, 5.74) is 4.00. The predicted molar refractivity (Wildman–Crippen MR) is 105 cm³/mol. The smallest absolute Gasteiger partial charge is 0.257 e. The van der Waals surface area contributed by atoms with Crippen molar-refractivity contribution in [2.24, 2.45) is 0 Å². The summed E-state index contributed by atoms with van der Waals surface area (Å²) in [6, 6.07) is 13.7. The first-order valence-electron chi connectivity index (χ1n) is 9.04. The molecule has 138 valence electrons. The van der Waals surface area contributed by atoms with Gasteiger partial charge in [0.2, 0.25) is 5.91 Å². The molecule has 4 rings (SSSR count). The van der Waals surface area contributed by atoms with E-state index in [1.54, 1.807) is 4.90 Å². The van der Waals surface area contributed by atoms with Gasteiger partial charge < -0.3 is 9.42 Å². The molecule has 1 atom stereocenters. The van der Waals surface area contributed by atoms with E-state index in [4.69, 9.17) is 16.1 Å². The molecule has 6 heteroatoms. The van der Waals surface area contributed by atoms with Crippen LogP contribution in [0.4, 0.5) is 5.69 Å². The fourth-order valence-corrected chi connectivity index (χ4v) is 3.55. The van der Waals surface area contributed by atoms with Crippen LogP contribution < -0.4 is 4.90 Å². The lowest BCUT2D eigenvalue weighted by Crippen LogP contribution is -2.25. The summed E-state index contributed by atoms with van der Waals surface area (Å²) in [7, 11) is 0. The monoisotopic (exact) mass is 381 g/mol. The fourth-order valence-electron chi connectivity index (χ4n) is 3.39. The molecule has 5 nitrogen and oxygen atoms in total. The molecule has 2 heterocycles. The van der Waals surface area contributed by atoms with Crippen LogP contribution in [-0.2, 0) is 11.2 Å². The Morgan fingerprint density at radius 1 is 1.22 bits per heavy atom. The lowest BCUT2D eigenvalue weighted by molar-refractivity contribution is -0.117. The minimum atomic E-state index is -0.0942. The standard InChI is InChI=1S/C21H20ClN3O2/c1-3-14-5-7-15(8-6-14)21-23-20(24-27-21)16-10-19(26)25(12-16)18-11-17(22)9-4-13(18)2/h4-9,11,16H,3,10,12H2,1-2H3. The second-order valence-electron chi connectivity index (χ2n) is 6.84. The van der Waals surface area contributed by atoms with Crippen molar-refractivity contribution in [3.05, 3.63) is 64.4 Å². The minimum absolute atomic E-state index is 0.0454. The first-order chi connectivity index (χ1) is 13.0. The number of rotatable bonds is 4. The van der Waals surface area contributed by atoms with Gasteiger partial charge in [0.15, 0.2) is 5.82 Å². The molecule has 1 saturated heterocycles. The average Bonchev–Trinajstić information content (AvgIpc) is 3.31. The summed E-state index contributed by atoms with van der Waals surface area (Å²) in [5, 5.41) is 4.74.